The Kier molecular flexibility index (Phi) is 2.16. The SMILES string of the molecule is Cc1c(N)n[nH]c1-c1cc2ccc(F)cc2s1. The van der Waals surface area contributed by atoms with Gasteiger partial charge in [0.2, 0.25) is 0 Å². The highest BCUT2D eigenvalue weighted by molar-refractivity contribution is 7.22. The van der Waals surface area contributed by atoms with Gasteiger partial charge in [0.15, 0.2) is 0 Å². The average molecular weight is 247 g/mol. The molecule has 0 bridgehead atoms. The lowest BCUT2D eigenvalue weighted by atomic mass is 10.2. The van der Waals surface area contributed by atoms with Gasteiger partial charge in [0.25, 0.3) is 0 Å². The molecular weight excluding hydrogens is 237 g/mol. The quantitative estimate of drug-likeness (QED) is 0.693. The molecule has 0 aliphatic carbocycles. The summed E-state index contributed by atoms with van der Waals surface area (Å²) in [5.74, 6) is 0.287. The Hall–Kier alpha value is -1.88. The monoisotopic (exact) mass is 247 g/mol. The maximum absolute atomic E-state index is 13.1. The van der Waals surface area contributed by atoms with Crippen LogP contribution in [0.4, 0.5) is 10.2 Å². The van der Waals surface area contributed by atoms with Crippen LogP contribution in [0.15, 0.2) is 24.3 Å². The third-order valence-electron chi connectivity index (χ3n) is 2.78. The van der Waals surface area contributed by atoms with E-state index in [4.69, 9.17) is 5.73 Å². The fourth-order valence-electron chi connectivity index (χ4n) is 1.78. The van der Waals surface area contributed by atoms with Crippen LogP contribution in [0.2, 0.25) is 0 Å². The van der Waals surface area contributed by atoms with Gasteiger partial charge in [-0.1, -0.05) is 6.07 Å². The van der Waals surface area contributed by atoms with Crippen LogP contribution in [0.3, 0.4) is 0 Å². The number of halogens is 1. The molecule has 3 rings (SSSR count). The van der Waals surface area contributed by atoms with Crippen molar-refractivity contribution in [1.29, 1.82) is 0 Å². The summed E-state index contributed by atoms with van der Waals surface area (Å²) < 4.78 is 14.0. The number of nitrogens with two attached hydrogens (primary N) is 1. The molecular formula is C12H10FN3S. The molecule has 0 amide bonds. The number of nitrogen functional groups attached to an aromatic ring is 1. The molecule has 3 N–H and O–H groups in total. The zero-order chi connectivity index (χ0) is 12.0. The van der Waals surface area contributed by atoms with E-state index in [1.165, 1.54) is 17.4 Å². The van der Waals surface area contributed by atoms with Crippen molar-refractivity contribution < 1.29 is 4.39 Å². The molecule has 17 heavy (non-hydrogen) atoms. The second-order valence-electron chi connectivity index (χ2n) is 3.90. The first-order chi connectivity index (χ1) is 8.15. The predicted octanol–water partition coefficient (Wildman–Crippen LogP) is 3.32. The smallest absolute Gasteiger partial charge is 0.148 e. The van der Waals surface area contributed by atoms with Crippen molar-refractivity contribution in [2.45, 2.75) is 6.92 Å². The first-order valence-electron chi connectivity index (χ1n) is 5.15. The van der Waals surface area contributed by atoms with Gasteiger partial charge in [-0.3, -0.25) is 5.10 Å². The lowest BCUT2D eigenvalue weighted by molar-refractivity contribution is 0.630. The summed E-state index contributed by atoms with van der Waals surface area (Å²) in [4.78, 5) is 1.02. The predicted molar refractivity (Wildman–Crippen MR) is 68.5 cm³/mol. The van der Waals surface area contributed by atoms with Gasteiger partial charge >= 0.3 is 0 Å². The summed E-state index contributed by atoms with van der Waals surface area (Å²) in [7, 11) is 0. The van der Waals surface area contributed by atoms with E-state index in [2.05, 4.69) is 10.2 Å². The molecule has 3 nitrogen and oxygen atoms in total. The standard InChI is InChI=1S/C12H10FN3S/c1-6-11(15-16-12(6)14)10-4-7-2-3-8(13)5-9(7)17-10/h2-5H,1H3,(H3,14,15,16). The minimum absolute atomic E-state index is 0.216. The van der Waals surface area contributed by atoms with Gasteiger partial charge in [-0.15, -0.1) is 11.3 Å². The summed E-state index contributed by atoms with van der Waals surface area (Å²) in [5, 5.41) is 7.90. The largest absolute Gasteiger partial charge is 0.382 e. The van der Waals surface area contributed by atoms with Gasteiger partial charge in [0, 0.05) is 10.3 Å². The molecule has 0 aliphatic rings. The van der Waals surface area contributed by atoms with Crippen LogP contribution >= 0.6 is 11.3 Å². The first kappa shape index (κ1) is 10.3. The van der Waals surface area contributed by atoms with E-state index < -0.39 is 0 Å². The van der Waals surface area contributed by atoms with Crippen LogP contribution in [0.5, 0.6) is 0 Å². The molecule has 3 aromatic rings. The summed E-state index contributed by atoms with van der Waals surface area (Å²) in [6.45, 7) is 1.92. The minimum Gasteiger partial charge on any atom is -0.382 e. The lowest BCUT2D eigenvalue weighted by Crippen LogP contribution is -1.85. The molecule has 0 atom stereocenters. The molecule has 1 aromatic carbocycles. The van der Waals surface area contributed by atoms with E-state index in [0.29, 0.717) is 5.82 Å². The van der Waals surface area contributed by atoms with Crippen molar-refractivity contribution in [3.05, 3.63) is 35.6 Å². The van der Waals surface area contributed by atoms with Gasteiger partial charge in [0.1, 0.15) is 11.6 Å². The zero-order valence-corrected chi connectivity index (χ0v) is 9.94. The Balaban J connectivity index is 2.21. The fraction of sp³-hybridized carbons (Fsp3) is 0.0833. The molecule has 0 saturated heterocycles. The van der Waals surface area contributed by atoms with Crippen molar-refractivity contribution in [3.63, 3.8) is 0 Å². The summed E-state index contributed by atoms with van der Waals surface area (Å²) >= 11 is 1.53. The van der Waals surface area contributed by atoms with E-state index in [-0.39, 0.29) is 5.82 Å². The van der Waals surface area contributed by atoms with E-state index in [1.807, 2.05) is 13.0 Å². The zero-order valence-electron chi connectivity index (χ0n) is 9.12. The third-order valence-corrected chi connectivity index (χ3v) is 3.89. The molecule has 0 fully saturated rings. The van der Waals surface area contributed by atoms with Gasteiger partial charge < -0.3 is 5.73 Å². The third kappa shape index (κ3) is 1.59. The van der Waals surface area contributed by atoms with E-state index >= 15 is 0 Å². The van der Waals surface area contributed by atoms with Crippen LogP contribution in [-0.4, -0.2) is 10.2 Å². The molecule has 0 saturated carbocycles. The Morgan fingerprint density at radius 3 is 2.88 bits per heavy atom. The van der Waals surface area contributed by atoms with Crippen molar-refractivity contribution >= 4 is 27.2 Å². The lowest BCUT2D eigenvalue weighted by Gasteiger charge is -1.92. The number of hydrogen-bond donors (Lipinski definition) is 2. The van der Waals surface area contributed by atoms with Crippen LogP contribution in [0.25, 0.3) is 20.7 Å². The molecule has 86 valence electrons. The van der Waals surface area contributed by atoms with Crippen molar-refractivity contribution in [2.24, 2.45) is 0 Å². The van der Waals surface area contributed by atoms with Crippen LogP contribution in [0, 0.1) is 12.7 Å². The minimum atomic E-state index is -0.216. The first-order valence-corrected chi connectivity index (χ1v) is 5.96. The molecule has 0 spiro atoms. The Morgan fingerprint density at radius 2 is 2.18 bits per heavy atom. The summed E-state index contributed by atoms with van der Waals surface area (Å²) in [6.07, 6.45) is 0. The number of benzene rings is 1. The number of nitrogens with one attached hydrogen (secondary N) is 1. The Bertz CT molecular complexity index is 699. The molecule has 0 radical (unpaired) electrons. The summed E-state index contributed by atoms with van der Waals surface area (Å²) in [5.41, 5.74) is 7.53. The van der Waals surface area contributed by atoms with E-state index in [0.717, 1.165) is 26.2 Å². The second kappa shape index (κ2) is 3.56. The van der Waals surface area contributed by atoms with E-state index in [1.54, 1.807) is 12.1 Å². The topological polar surface area (TPSA) is 54.7 Å². The van der Waals surface area contributed by atoms with Crippen molar-refractivity contribution in [2.75, 3.05) is 5.73 Å². The number of thiophene rings is 1. The number of anilines is 1. The fourth-order valence-corrected chi connectivity index (χ4v) is 2.92. The number of H-pyrrole nitrogens is 1. The number of rotatable bonds is 1. The number of hydrogen-bond acceptors (Lipinski definition) is 3. The van der Waals surface area contributed by atoms with Gasteiger partial charge in [-0.2, -0.15) is 5.10 Å². The van der Waals surface area contributed by atoms with Crippen molar-refractivity contribution in [3.8, 4) is 10.6 Å². The molecule has 0 unspecified atom stereocenters. The molecule has 0 aliphatic heterocycles. The number of aromatic nitrogens is 2. The highest BCUT2D eigenvalue weighted by Gasteiger charge is 2.11. The van der Waals surface area contributed by atoms with Crippen LogP contribution < -0.4 is 5.73 Å². The number of nitrogens with zero attached hydrogens (tertiary/aromatic N) is 1. The number of fused-ring (bicyclic) bond motifs is 1. The highest BCUT2D eigenvalue weighted by Crippen LogP contribution is 2.35. The van der Waals surface area contributed by atoms with Crippen LogP contribution in [0.1, 0.15) is 5.56 Å². The molecule has 2 heterocycles. The molecule has 2 aromatic heterocycles. The maximum atomic E-state index is 13.1. The highest BCUT2D eigenvalue weighted by atomic mass is 32.1. The Morgan fingerprint density at radius 1 is 1.35 bits per heavy atom. The number of aromatic amines is 1. The van der Waals surface area contributed by atoms with Crippen molar-refractivity contribution in [1.82, 2.24) is 10.2 Å². The van der Waals surface area contributed by atoms with Crippen LogP contribution in [-0.2, 0) is 0 Å². The molecule has 5 heteroatoms. The normalized spacial score (nSPS) is 11.2. The van der Waals surface area contributed by atoms with E-state index in [9.17, 15) is 4.39 Å². The Labute approximate surface area is 101 Å². The maximum Gasteiger partial charge on any atom is 0.148 e. The van der Waals surface area contributed by atoms with Gasteiger partial charge in [0.05, 0.1) is 10.6 Å². The summed E-state index contributed by atoms with van der Waals surface area (Å²) in [6, 6.07) is 6.80. The van der Waals surface area contributed by atoms with Gasteiger partial charge in [-0.25, -0.2) is 4.39 Å². The second-order valence-corrected chi connectivity index (χ2v) is 4.99. The average Bonchev–Trinajstić information content (AvgIpc) is 2.83. The van der Waals surface area contributed by atoms with Gasteiger partial charge in [-0.05, 0) is 30.5 Å².